The summed E-state index contributed by atoms with van der Waals surface area (Å²) in [7, 11) is 1.61. The van der Waals surface area contributed by atoms with Crippen LogP contribution in [-0.2, 0) is 6.54 Å². The Morgan fingerprint density at radius 2 is 2.25 bits per heavy atom. The maximum absolute atomic E-state index is 12.2. The third-order valence-corrected chi connectivity index (χ3v) is 3.74. The molecule has 0 atom stereocenters. The summed E-state index contributed by atoms with van der Waals surface area (Å²) in [5.74, 6) is 0.738. The van der Waals surface area contributed by atoms with Crippen molar-refractivity contribution in [2.24, 2.45) is 0 Å². The third kappa shape index (κ3) is 2.20. The minimum absolute atomic E-state index is 0.197. The van der Waals surface area contributed by atoms with Crippen LogP contribution in [0.5, 0.6) is 5.75 Å². The molecule has 7 heteroatoms. The van der Waals surface area contributed by atoms with Crippen molar-refractivity contribution < 1.29 is 4.74 Å². The average Bonchev–Trinajstić information content (AvgIpc) is 2.78. The molecule has 2 aromatic heterocycles. The molecule has 0 aliphatic carbocycles. The molecule has 102 valence electrons. The predicted molar refractivity (Wildman–Crippen MR) is 77.0 cm³/mol. The first-order valence-corrected chi connectivity index (χ1v) is 6.70. The van der Waals surface area contributed by atoms with E-state index in [9.17, 15) is 4.79 Å². The first-order chi connectivity index (χ1) is 9.69. The third-order valence-electron chi connectivity index (χ3n) is 2.96. The van der Waals surface area contributed by atoms with Crippen LogP contribution in [0.4, 0.5) is 0 Å². The number of methoxy groups -OCH3 is 1. The summed E-state index contributed by atoms with van der Waals surface area (Å²) in [6, 6.07) is 5.61. The van der Waals surface area contributed by atoms with Gasteiger partial charge in [-0.25, -0.2) is 13.9 Å². The van der Waals surface area contributed by atoms with E-state index in [4.69, 9.17) is 4.74 Å². The normalized spacial score (nSPS) is 10.9. The fourth-order valence-electron chi connectivity index (χ4n) is 1.94. The zero-order valence-electron chi connectivity index (χ0n) is 10.7. The van der Waals surface area contributed by atoms with Crippen LogP contribution in [0.25, 0.3) is 5.65 Å². The van der Waals surface area contributed by atoms with Crippen molar-refractivity contribution in [1.82, 2.24) is 19.2 Å². The lowest BCUT2D eigenvalue weighted by Gasteiger charge is -2.06. The highest BCUT2D eigenvalue weighted by Crippen LogP contribution is 2.22. The van der Waals surface area contributed by atoms with Gasteiger partial charge in [-0.15, -0.1) is 5.10 Å². The van der Waals surface area contributed by atoms with Crippen molar-refractivity contribution in [3.63, 3.8) is 0 Å². The smallest absolute Gasteiger partial charge is 0.350 e. The minimum Gasteiger partial charge on any atom is -0.497 e. The fraction of sp³-hybridized carbons (Fsp3) is 0.154. The maximum atomic E-state index is 12.2. The number of hydrogen-bond acceptors (Lipinski definition) is 4. The van der Waals surface area contributed by atoms with Crippen molar-refractivity contribution in [3.8, 4) is 5.75 Å². The Labute approximate surface area is 122 Å². The lowest BCUT2D eigenvalue weighted by atomic mass is 10.2. The first kappa shape index (κ1) is 12.9. The zero-order chi connectivity index (χ0) is 14.1. The fourth-order valence-corrected chi connectivity index (χ4v) is 2.32. The summed E-state index contributed by atoms with van der Waals surface area (Å²) in [5, 5.41) is 4.25. The lowest BCUT2D eigenvalue weighted by molar-refractivity contribution is 0.414. The molecule has 2 heterocycles. The molecule has 20 heavy (non-hydrogen) atoms. The Kier molecular flexibility index (Phi) is 3.27. The van der Waals surface area contributed by atoms with Gasteiger partial charge >= 0.3 is 5.69 Å². The van der Waals surface area contributed by atoms with Gasteiger partial charge in [-0.1, -0.05) is 15.9 Å². The second-order valence-electron chi connectivity index (χ2n) is 4.20. The van der Waals surface area contributed by atoms with E-state index in [1.807, 2.05) is 18.2 Å². The van der Waals surface area contributed by atoms with E-state index in [0.717, 1.165) is 15.8 Å². The SMILES string of the molecule is COc1ccc(Br)c(Cn2nc3cnccn3c2=O)c1. The van der Waals surface area contributed by atoms with Gasteiger partial charge < -0.3 is 4.74 Å². The topological polar surface area (TPSA) is 61.4 Å². The number of halogens is 1. The molecule has 3 rings (SSSR count). The van der Waals surface area contributed by atoms with Crippen molar-refractivity contribution in [2.45, 2.75) is 6.54 Å². The predicted octanol–water partition coefficient (Wildman–Crippen LogP) is 1.71. The van der Waals surface area contributed by atoms with Crippen molar-refractivity contribution >= 4 is 21.6 Å². The van der Waals surface area contributed by atoms with Crippen LogP contribution in [0.15, 0.2) is 46.1 Å². The van der Waals surface area contributed by atoms with Gasteiger partial charge in [0.05, 0.1) is 19.9 Å². The van der Waals surface area contributed by atoms with Crippen molar-refractivity contribution in [2.75, 3.05) is 7.11 Å². The number of aromatic nitrogens is 4. The molecule has 0 spiro atoms. The van der Waals surface area contributed by atoms with Crippen LogP contribution < -0.4 is 10.4 Å². The highest BCUT2D eigenvalue weighted by Gasteiger charge is 2.09. The molecule has 1 aromatic carbocycles. The second kappa shape index (κ2) is 5.09. The molecule has 0 unspecified atom stereocenters. The summed E-state index contributed by atoms with van der Waals surface area (Å²) >= 11 is 3.47. The Balaban J connectivity index is 2.05. The van der Waals surface area contributed by atoms with Crippen LogP contribution in [0.2, 0.25) is 0 Å². The largest absolute Gasteiger partial charge is 0.497 e. The Bertz CT molecular complexity index is 825. The molecule has 0 bridgehead atoms. The number of hydrogen-bond donors (Lipinski definition) is 0. The van der Waals surface area contributed by atoms with Crippen LogP contribution in [0.3, 0.4) is 0 Å². The van der Waals surface area contributed by atoms with Crippen LogP contribution >= 0.6 is 15.9 Å². The molecule has 0 radical (unpaired) electrons. The summed E-state index contributed by atoms with van der Waals surface area (Å²) in [5.41, 5.74) is 1.25. The number of benzene rings is 1. The second-order valence-corrected chi connectivity index (χ2v) is 5.06. The van der Waals surface area contributed by atoms with Gasteiger partial charge in [0.1, 0.15) is 5.75 Å². The maximum Gasteiger partial charge on any atom is 0.350 e. The highest BCUT2D eigenvalue weighted by atomic mass is 79.9. The molecule has 3 aromatic rings. The number of ether oxygens (including phenoxy) is 1. The first-order valence-electron chi connectivity index (χ1n) is 5.90. The zero-order valence-corrected chi connectivity index (χ0v) is 12.2. The van der Waals surface area contributed by atoms with Gasteiger partial charge in [0, 0.05) is 16.9 Å². The minimum atomic E-state index is -0.197. The number of fused-ring (bicyclic) bond motifs is 1. The quantitative estimate of drug-likeness (QED) is 0.731. The van der Waals surface area contributed by atoms with E-state index >= 15 is 0 Å². The molecule has 0 N–H and O–H groups in total. The van der Waals surface area contributed by atoms with E-state index < -0.39 is 0 Å². The summed E-state index contributed by atoms with van der Waals surface area (Å²) in [4.78, 5) is 16.1. The monoisotopic (exact) mass is 334 g/mol. The van der Waals surface area contributed by atoms with Crippen LogP contribution in [-0.4, -0.2) is 26.3 Å². The lowest BCUT2D eigenvalue weighted by Crippen LogP contribution is -2.21. The van der Waals surface area contributed by atoms with Gasteiger partial charge in [0.2, 0.25) is 0 Å². The van der Waals surface area contributed by atoms with E-state index in [2.05, 4.69) is 26.0 Å². The molecule has 0 fully saturated rings. The van der Waals surface area contributed by atoms with Crippen LogP contribution in [0.1, 0.15) is 5.56 Å². The molecule has 0 aliphatic heterocycles. The van der Waals surface area contributed by atoms with E-state index in [-0.39, 0.29) is 5.69 Å². The number of nitrogens with zero attached hydrogens (tertiary/aromatic N) is 4. The average molecular weight is 335 g/mol. The molecule has 0 aliphatic rings. The van der Waals surface area contributed by atoms with E-state index in [0.29, 0.717) is 12.2 Å². The van der Waals surface area contributed by atoms with Crippen molar-refractivity contribution in [1.29, 1.82) is 0 Å². The molecule has 0 saturated carbocycles. The summed E-state index contributed by atoms with van der Waals surface area (Å²) < 4.78 is 8.95. The molecule has 0 amide bonds. The van der Waals surface area contributed by atoms with Gasteiger partial charge in [-0.2, -0.15) is 0 Å². The molecule has 0 saturated heterocycles. The Morgan fingerprint density at radius 3 is 3.00 bits per heavy atom. The highest BCUT2D eigenvalue weighted by molar-refractivity contribution is 9.10. The van der Waals surface area contributed by atoms with Crippen molar-refractivity contribution in [3.05, 3.63) is 57.3 Å². The Hall–Kier alpha value is -2.15. The van der Waals surface area contributed by atoms with Gasteiger partial charge in [0.25, 0.3) is 0 Å². The van der Waals surface area contributed by atoms with Gasteiger partial charge in [-0.3, -0.25) is 4.98 Å². The van der Waals surface area contributed by atoms with Crippen LogP contribution in [0, 0.1) is 0 Å². The summed E-state index contributed by atoms with van der Waals surface area (Å²) in [6.45, 7) is 0.359. The number of rotatable bonds is 3. The summed E-state index contributed by atoms with van der Waals surface area (Å²) in [6.07, 6.45) is 4.71. The van der Waals surface area contributed by atoms with Gasteiger partial charge in [0.15, 0.2) is 5.65 Å². The molecule has 6 nitrogen and oxygen atoms in total. The van der Waals surface area contributed by atoms with E-state index in [1.165, 1.54) is 9.08 Å². The van der Waals surface area contributed by atoms with E-state index in [1.54, 1.807) is 25.7 Å². The van der Waals surface area contributed by atoms with Gasteiger partial charge in [-0.05, 0) is 23.8 Å². The Morgan fingerprint density at radius 1 is 1.40 bits per heavy atom. The standard InChI is InChI=1S/C13H11BrN4O2/c1-20-10-2-3-11(14)9(6-10)8-18-13(19)17-5-4-15-7-12(17)16-18/h2-7H,8H2,1H3. The molecular weight excluding hydrogens is 324 g/mol. The molecular formula is C13H11BrN4O2.